The summed E-state index contributed by atoms with van der Waals surface area (Å²) in [5, 5.41) is 8.37. The molecular formula is C13H28O2. The summed E-state index contributed by atoms with van der Waals surface area (Å²) in [6, 6.07) is 0. The van der Waals surface area contributed by atoms with Gasteiger partial charge in [-0.15, -0.1) is 0 Å². The molecule has 0 aliphatic heterocycles. The van der Waals surface area contributed by atoms with E-state index in [1.165, 1.54) is 32.1 Å². The number of aliphatic carboxylic acids is 1. The fourth-order valence-electron chi connectivity index (χ4n) is 1.31. The van der Waals surface area contributed by atoms with E-state index in [0.717, 1.165) is 12.8 Å². The molecule has 0 aliphatic rings. The first-order chi connectivity index (χ1) is 7.13. The van der Waals surface area contributed by atoms with Crippen LogP contribution in [0, 0.1) is 5.92 Å². The Morgan fingerprint density at radius 1 is 0.933 bits per heavy atom. The SMILES string of the molecule is CCC(CC)C(=O)O.CCCCCCC. The van der Waals surface area contributed by atoms with Crippen LogP contribution in [0.15, 0.2) is 0 Å². The van der Waals surface area contributed by atoms with Gasteiger partial charge in [0.15, 0.2) is 0 Å². The molecule has 0 saturated heterocycles. The van der Waals surface area contributed by atoms with Crippen LogP contribution in [0.5, 0.6) is 0 Å². The fraction of sp³-hybridized carbons (Fsp3) is 0.923. The number of carboxylic acid groups (broad SMARTS) is 1. The van der Waals surface area contributed by atoms with Crippen molar-refractivity contribution >= 4 is 5.97 Å². The molecule has 0 aromatic carbocycles. The van der Waals surface area contributed by atoms with E-state index in [1.54, 1.807) is 0 Å². The van der Waals surface area contributed by atoms with Crippen LogP contribution >= 0.6 is 0 Å². The fourth-order valence-corrected chi connectivity index (χ4v) is 1.31. The van der Waals surface area contributed by atoms with Crippen molar-refractivity contribution in [3.63, 3.8) is 0 Å². The highest BCUT2D eigenvalue weighted by Gasteiger charge is 2.10. The summed E-state index contributed by atoms with van der Waals surface area (Å²) in [4.78, 5) is 10.2. The number of carboxylic acids is 1. The van der Waals surface area contributed by atoms with E-state index in [2.05, 4.69) is 13.8 Å². The summed E-state index contributed by atoms with van der Waals surface area (Å²) in [6.45, 7) is 8.27. The highest BCUT2D eigenvalue weighted by Crippen LogP contribution is 2.05. The molecule has 0 aliphatic carbocycles. The zero-order valence-corrected chi connectivity index (χ0v) is 10.9. The average molecular weight is 216 g/mol. The molecule has 15 heavy (non-hydrogen) atoms. The Morgan fingerprint density at radius 3 is 1.47 bits per heavy atom. The lowest BCUT2D eigenvalue weighted by atomic mass is 10.1. The molecule has 2 nitrogen and oxygen atoms in total. The summed E-state index contributed by atoms with van der Waals surface area (Å²) in [7, 11) is 0. The summed E-state index contributed by atoms with van der Waals surface area (Å²) in [5.74, 6) is -0.801. The van der Waals surface area contributed by atoms with Gasteiger partial charge in [0, 0.05) is 0 Å². The maximum Gasteiger partial charge on any atom is 0.306 e. The standard InChI is InChI=1S/C7H16.C6H12O2/c1-3-5-7-6-4-2;1-3-5(4-2)6(7)8/h3-7H2,1-2H3;5H,3-4H2,1-2H3,(H,7,8). The highest BCUT2D eigenvalue weighted by molar-refractivity contribution is 5.69. The zero-order valence-electron chi connectivity index (χ0n) is 10.9. The van der Waals surface area contributed by atoms with Gasteiger partial charge in [0.2, 0.25) is 0 Å². The lowest BCUT2D eigenvalue weighted by molar-refractivity contribution is -0.141. The normalized spacial score (nSPS) is 9.67. The molecule has 0 spiro atoms. The Kier molecular flexibility index (Phi) is 15.2. The Hall–Kier alpha value is -0.530. The number of hydrogen-bond donors (Lipinski definition) is 1. The van der Waals surface area contributed by atoms with Crippen LogP contribution in [0.25, 0.3) is 0 Å². The van der Waals surface area contributed by atoms with E-state index < -0.39 is 5.97 Å². The number of carbonyl (C=O) groups is 1. The molecule has 1 N–H and O–H groups in total. The molecule has 0 heterocycles. The lowest BCUT2D eigenvalue weighted by Crippen LogP contribution is -2.10. The van der Waals surface area contributed by atoms with Crippen LogP contribution in [0.4, 0.5) is 0 Å². The summed E-state index contributed by atoms with van der Waals surface area (Å²) >= 11 is 0. The second-order valence-electron chi connectivity index (χ2n) is 3.91. The molecule has 0 rings (SSSR count). The predicted molar refractivity (Wildman–Crippen MR) is 66.1 cm³/mol. The van der Waals surface area contributed by atoms with Gasteiger partial charge in [-0.25, -0.2) is 0 Å². The molecule has 92 valence electrons. The number of hydrogen-bond acceptors (Lipinski definition) is 1. The van der Waals surface area contributed by atoms with Crippen molar-refractivity contribution < 1.29 is 9.90 Å². The summed E-state index contributed by atoms with van der Waals surface area (Å²) in [6.07, 6.45) is 8.49. The Labute approximate surface area is 95.1 Å². The molecule has 0 saturated carbocycles. The Balaban J connectivity index is 0. The van der Waals surface area contributed by atoms with E-state index in [1.807, 2.05) is 13.8 Å². The van der Waals surface area contributed by atoms with Crippen LogP contribution in [-0.4, -0.2) is 11.1 Å². The maximum atomic E-state index is 10.2. The first-order valence-corrected chi connectivity index (χ1v) is 6.36. The van der Waals surface area contributed by atoms with Gasteiger partial charge < -0.3 is 5.11 Å². The molecular weight excluding hydrogens is 188 g/mol. The van der Waals surface area contributed by atoms with Gasteiger partial charge in [-0.3, -0.25) is 4.79 Å². The molecule has 2 heteroatoms. The predicted octanol–water partition coefficient (Wildman–Crippen LogP) is 4.48. The summed E-state index contributed by atoms with van der Waals surface area (Å²) < 4.78 is 0. The van der Waals surface area contributed by atoms with Crippen molar-refractivity contribution in [2.75, 3.05) is 0 Å². The molecule has 0 atom stereocenters. The van der Waals surface area contributed by atoms with Crippen molar-refractivity contribution in [3.05, 3.63) is 0 Å². The largest absolute Gasteiger partial charge is 0.481 e. The van der Waals surface area contributed by atoms with E-state index in [-0.39, 0.29) is 5.92 Å². The van der Waals surface area contributed by atoms with Crippen molar-refractivity contribution in [2.24, 2.45) is 5.92 Å². The second kappa shape index (κ2) is 13.5. The van der Waals surface area contributed by atoms with Crippen LogP contribution in [0.2, 0.25) is 0 Å². The van der Waals surface area contributed by atoms with Crippen molar-refractivity contribution in [3.8, 4) is 0 Å². The van der Waals surface area contributed by atoms with Crippen molar-refractivity contribution in [1.29, 1.82) is 0 Å². The highest BCUT2D eigenvalue weighted by atomic mass is 16.4. The van der Waals surface area contributed by atoms with E-state index in [0.29, 0.717) is 0 Å². The number of unbranched alkanes of at least 4 members (excludes halogenated alkanes) is 4. The number of rotatable bonds is 7. The van der Waals surface area contributed by atoms with Crippen LogP contribution in [0.1, 0.15) is 72.6 Å². The quantitative estimate of drug-likeness (QED) is 0.637. The average Bonchev–Trinajstić information content (AvgIpc) is 2.21. The Morgan fingerprint density at radius 2 is 1.33 bits per heavy atom. The van der Waals surface area contributed by atoms with Gasteiger partial charge in [0.05, 0.1) is 5.92 Å². The molecule has 0 fully saturated rings. The second-order valence-corrected chi connectivity index (χ2v) is 3.91. The third-order valence-electron chi connectivity index (χ3n) is 2.54. The van der Waals surface area contributed by atoms with Gasteiger partial charge in [-0.2, -0.15) is 0 Å². The van der Waals surface area contributed by atoms with Crippen molar-refractivity contribution in [1.82, 2.24) is 0 Å². The van der Waals surface area contributed by atoms with Crippen LogP contribution < -0.4 is 0 Å². The van der Waals surface area contributed by atoms with E-state index in [9.17, 15) is 4.79 Å². The van der Waals surface area contributed by atoms with Gasteiger partial charge in [0.1, 0.15) is 0 Å². The molecule has 0 aromatic rings. The third-order valence-corrected chi connectivity index (χ3v) is 2.54. The summed E-state index contributed by atoms with van der Waals surface area (Å²) in [5.41, 5.74) is 0. The van der Waals surface area contributed by atoms with Gasteiger partial charge >= 0.3 is 5.97 Å². The smallest absolute Gasteiger partial charge is 0.306 e. The van der Waals surface area contributed by atoms with Crippen molar-refractivity contribution in [2.45, 2.75) is 72.6 Å². The minimum absolute atomic E-state index is 0.130. The minimum atomic E-state index is -0.671. The molecule has 0 radical (unpaired) electrons. The first-order valence-electron chi connectivity index (χ1n) is 6.36. The van der Waals surface area contributed by atoms with Crippen LogP contribution in [-0.2, 0) is 4.79 Å². The van der Waals surface area contributed by atoms with Gasteiger partial charge in [0.25, 0.3) is 0 Å². The molecule has 0 aromatic heterocycles. The third kappa shape index (κ3) is 13.5. The Bertz CT molecular complexity index is 124. The molecule has 0 unspecified atom stereocenters. The minimum Gasteiger partial charge on any atom is -0.481 e. The monoisotopic (exact) mass is 216 g/mol. The molecule has 0 amide bonds. The zero-order chi connectivity index (χ0) is 12.1. The van der Waals surface area contributed by atoms with E-state index in [4.69, 9.17) is 5.11 Å². The maximum absolute atomic E-state index is 10.2. The van der Waals surface area contributed by atoms with Gasteiger partial charge in [-0.05, 0) is 12.8 Å². The molecule has 0 bridgehead atoms. The van der Waals surface area contributed by atoms with Gasteiger partial charge in [-0.1, -0.05) is 59.8 Å². The lowest BCUT2D eigenvalue weighted by Gasteiger charge is -2.02. The first kappa shape index (κ1) is 16.9. The topological polar surface area (TPSA) is 37.3 Å². The van der Waals surface area contributed by atoms with E-state index >= 15 is 0 Å². The van der Waals surface area contributed by atoms with Crippen LogP contribution in [0.3, 0.4) is 0 Å².